The molecule has 6 heteroatoms. The normalized spacial score (nSPS) is 23.1. The molecule has 1 N–H and O–H groups in total. The topological polar surface area (TPSA) is 68.2 Å². The fraction of sp³-hybridized carbons (Fsp3) is 0.435. The summed E-state index contributed by atoms with van der Waals surface area (Å²) in [5.74, 6) is 1.55. The van der Waals surface area contributed by atoms with Crippen molar-refractivity contribution in [3.63, 3.8) is 0 Å². The molecule has 29 heavy (non-hydrogen) atoms. The first-order valence-corrected chi connectivity index (χ1v) is 10.2. The SMILES string of the molecule is O=C1CCC2(C(O)CCOCc3ccccc3)c3cc4c(cc3CCN12)OCO4. The summed E-state index contributed by atoms with van der Waals surface area (Å²) in [5.41, 5.74) is 2.52. The number of amides is 1. The van der Waals surface area contributed by atoms with Crippen molar-refractivity contribution in [2.45, 2.75) is 43.9 Å². The number of benzene rings is 2. The molecule has 2 aromatic carbocycles. The number of carbonyl (C=O) groups is 1. The van der Waals surface area contributed by atoms with Crippen molar-refractivity contribution >= 4 is 5.91 Å². The van der Waals surface area contributed by atoms with Crippen LogP contribution in [-0.2, 0) is 28.1 Å². The largest absolute Gasteiger partial charge is 0.454 e. The third-order valence-electron chi connectivity index (χ3n) is 6.37. The summed E-state index contributed by atoms with van der Waals surface area (Å²) >= 11 is 0. The highest BCUT2D eigenvalue weighted by atomic mass is 16.7. The maximum absolute atomic E-state index is 12.6. The third-order valence-corrected chi connectivity index (χ3v) is 6.37. The molecule has 2 atom stereocenters. The van der Waals surface area contributed by atoms with Crippen LogP contribution in [-0.4, -0.2) is 42.0 Å². The molecule has 3 heterocycles. The molecule has 3 aliphatic heterocycles. The standard InChI is InChI=1S/C23H25NO5/c25-21(8-11-27-14-16-4-2-1-3-5-16)23-9-6-22(26)24(23)10-7-17-12-19-20(13-18(17)23)29-15-28-19/h1-5,12-13,21,25H,6-11,14-15H2. The molecule has 152 valence electrons. The number of hydrogen-bond donors (Lipinski definition) is 1. The van der Waals surface area contributed by atoms with Gasteiger partial charge in [-0.2, -0.15) is 0 Å². The van der Waals surface area contributed by atoms with E-state index in [4.69, 9.17) is 14.2 Å². The van der Waals surface area contributed by atoms with Crippen LogP contribution in [0.25, 0.3) is 0 Å². The zero-order chi connectivity index (χ0) is 19.8. The van der Waals surface area contributed by atoms with E-state index in [0.717, 1.165) is 28.9 Å². The minimum Gasteiger partial charge on any atom is -0.454 e. The molecule has 0 aliphatic carbocycles. The van der Waals surface area contributed by atoms with Gasteiger partial charge in [-0.3, -0.25) is 4.79 Å². The van der Waals surface area contributed by atoms with Crippen molar-refractivity contribution in [2.24, 2.45) is 0 Å². The quantitative estimate of drug-likeness (QED) is 0.762. The van der Waals surface area contributed by atoms with Gasteiger partial charge in [0.1, 0.15) is 0 Å². The first kappa shape index (κ1) is 18.5. The molecule has 2 aromatic rings. The maximum atomic E-state index is 12.6. The summed E-state index contributed by atoms with van der Waals surface area (Å²) < 4.78 is 16.9. The lowest BCUT2D eigenvalue weighted by molar-refractivity contribution is -0.137. The second-order valence-electron chi connectivity index (χ2n) is 7.92. The number of aliphatic hydroxyl groups is 1. The van der Waals surface area contributed by atoms with Gasteiger partial charge >= 0.3 is 0 Å². The van der Waals surface area contributed by atoms with Crippen LogP contribution >= 0.6 is 0 Å². The Hall–Kier alpha value is -2.57. The zero-order valence-electron chi connectivity index (χ0n) is 16.3. The van der Waals surface area contributed by atoms with E-state index in [-0.39, 0.29) is 12.7 Å². The van der Waals surface area contributed by atoms with Gasteiger partial charge in [-0.25, -0.2) is 0 Å². The van der Waals surface area contributed by atoms with Crippen molar-refractivity contribution in [2.75, 3.05) is 19.9 Å². The van der Waals surface area contributed by atoms with Crippen LogP contribution in [0.2, 0.25) is 0 Å². The molecule has 5 rings (SSSR count). The van der Waals surface area contributed by atoms with Crippen molar-refractivity contribution in [1.82, 2.24) is 4.90 Å². The minimum atomic E-state index is -0.707. The summed E-state index contributed by atoms with van der Waals surface area (Å²) in [6.07, 6.45) is 1.58. The lowest BCUT2D eigenvalue weighted by Gasteiger charge is -2.46. The summed E-state index contributed by atoms with van der Waals surface area (Å²) in [4.78, 5) is 14.5. The molecule has 0 bridgehead atoms. The number of ether oxygens (including phenoxy) is 3. The van der Waals surface area contributed by atoms with E-state index in [2.05, 4.69) is 0 Å². The molecule has 1 amide bonds. The van der Waals surface area contributed by atoms with Gasteiger partial charge in [0.15, 0.2) is 11.5 Å². The summed E-state index contributed by atoms with van der Waals surface area (Å²) in [6, 6.07) is 14.0. The average molecular weight is 395 g/mol. The zero-order valence-corrected chi connectivity index (χ0v) is 16.3. The highest BCUT2D eigenvalue weighted by Gasteiger charge is 2.54. The van der Waals surface area contributed by atoms with E-state index in [9.17, 15) is 9.90 Å². The van der Waals surface area contributed by atoms with Crippen LogP contribution in [0.5, 0.6) is 11.5 Å². The van der Waals surface area contributed by atoms with Gasteiger partial charge in [0.05, 0.1) is 18.2 Å². The smallest absolute Gasteiger partial charge is 0.231 e. The van der Waals surface area contributed by atoms with Crippen molar-refractivity contribution in [3.05, 3.63) is 59.2 Å². The lowest BCUT2D eigenvalue weighted by atomic mass is 9.75. The number of hydrogen-bond acceptors (Lipinski definition) is 5. The third kappa shape index (κ3) is 3.07. The van der Waals surface area contributed by atoms with Gasteiger partial charge < -0.3 is 24.2 Å². The monoisotopic (exact) mass is 395 g/mol. The van der Waals surface area contributed by atoms with Crippen molar-refractivity contribution < 1.29 is 24.1 Å². The Morgan fingerprint density at radius 2 is 1.93 bits per heavy atom. The van der Waals surface area contributed by atoms with Crippen molar-refractivity contribution in [1.29, 1.82) is 0 Å². The average Bonchev–Trinajstić information content (AvgIpc) is 3.35. The second-order valence-corrected chi connectivity index (χ2v) is 7.92. The summed E-state index contributed by atoms with van der Waals surface area (Å²) in [7, 11) is 0. The lowest BCUT2D eigenvalue weighted by Crippen LogP contribution is -2.55. The first-order chi connectivity index (χ1) is 14.2. The van der Waals surface area contributed by atoms with Gasteiger partial charge in [0, 0.05) is 19.6 Å². The molecular weight excluding hydrogens is 370 g/mol. The Morgan fingerprint density at radius 1 is 1.14 bits per heavy atom. The predicted octanol–water partition coefficient (Wildman–Crippen LogP) is 2.76. The van der Waals surface area contributed by atoms with E-state index in [1.807, 2.05) is 47.4 Å². The van der Waals surface area contributed by atoms with Gasteiger partial charge in [-0.05, 0) is 48.1 Å². The fourth-order valence-electron chi connectivity index (χ4n) is 4.94. The van der Waals surface area contributed by atoms with Gasteiger partial charge in [-0.1, -0.05) is 30.3 Å². The van der Waals surface area contributed by atoms with Crippen LogP contribution in [0, 0.1) is 0 Å². The van der Waals surface area contributed by atoms with E-state index in [1.54, 1.807) is 0 Å². The summed E-state index contributed by atoms with van der Waals surface area (Å²) in [5, 5.41) is 11.3. The second kappa shape index (κ2) is 7.35. The number of rotatable bonds is 6. The molecule has 0 spiro atoms. The van der Waals surface area contributed by atoms with Crippen LogP contribution in [0.1, 0.15) is 36.0 Å². The molecule has 6 nitrogen and oxygen atoms in total. The molecule has 1 fully saturated rings. The minimum absolute atomic E-state index is 0.109. The fourth-order valence-corrected chi connectivity index (χ4v) is 4.94. The Labute approximate surface area is 170 Å². The van der Waals surface area contributed by atoms with Crippen LogP contribution in [0.15, 0.2) is 42.5 Å². The molecule has 1 saturated heterocycles. The van der Waals surface area contributed by atoms with Gasteiger partial charge in [-0.15, -0.1) is 0 Å². The van der Waals surface area contributed by atoms with E-state index >= 15 is 0 Å². The van der Waals surface area contributed by atoms with Crippen molar-refractivity contribution in [3.8, 4) is 11.5 Å². The first-order valence-electron chi connectivity index (χ1n) is 10.2. The highest BCUT2D eigenvalue weighted by molar-refractivity contribution is 5.81. The van der Waals surface area contributed by atoms with E-state index in [0.29, 0.717) is 44.8 Å². The molecule has 0 aromatic heterocycles. The molecule has 0 radical (unpaired) electrons. The van der Waals surface area contributed by atoms with Crippen LogP contribution in [0.3, 0.4) is 0 Å². The molecule has 3 aliphatic rings. The predicted molar refractivity (Wildman–Crippen MR) is 106 cm³/mol. The Balaban J connectivity index is 1.37. The Kier molecular flexibility index (Phi) is 4.68. The number of nitrogens with zero attached hydrogens (tertiary/aromatic N) is 1. The molecule has 0 saturated carbocycles. The summed E-state index contributed by atoms with van der Waals surface area (Å²) in [6.45, 7) is 1.77. The van der Waals surface area contributed by atoms with E-state index < -0.39 is 11.6 Å². The molecular formula is C23H25NO5. The maximum Gasteiger partial charge on any atom is 0.231 e. The van der Waals surface area contributed by atoms with Crippen LogP contribution in [0.4, 0.5) is 0 Å². The van der Waals surface area contributed by atoms with Gasteiger partial charge in [0.25, 0.3) is 0 Å². The highest BCUT2D eigenvalue weighted by Crippen LogP contribution is 2.50. The van der Waals surface area contributed by atoms with E-state index in [1.165, 1.54) is 0 Å². The Morgan fingerprint density at radius 3 is 2.76 bits per heavy atom. The van der Waals surface area contributed by atoms with Crippen LogP contribution < -0.4 is 9.47 Å². The molecule has 2 unspecified atom stereocenters. The number of carbonyl (C=O) groups excluding carboxylic acids is 1. The Bertz CT molecular complexity index is 915. The van der Waals surface area contributed by atoms with Gasteiger partial charge in [0.2, 0.25) is 12.7 Å². The number of fused-ring (bicyclic) bond motifs is 4. The number of aliphatic hydroxyl groups excluding tert-OH is 1.